The first-order valence-electron chi connectivity index (χ1n) is 4.47. The lowest BCUT2D eigenvalue weighted by molar-refractivity contribution is 0.145. The van der Waals surface area contributed by atoms with Crippen LogP contribution in [-0.4, -0.2) is 11.2 Å². The van der Waals surface area contributed by atoms with Gasteiger partial charge in [-0.3, -0.25) is 0 Å². The van der Waals surface area contributed by atoms with Crippen molar-refractivity contribution >= 4 is 0 Å². The fraction of sp³-hybridized carbons (Fsp3) is 0.800. The van der Waals surface area contributed by atoms with Crippen LogP contribution >= 0.6 is 0 Å². The van der Waals surface area contributed by atoms with Gasteiger partial charge in [-0.1, -0.05) is 18.9 Å². The molecule has 1 rings (SSSR count). The van der Waals surface area contributed by atoms with Crippen molar-refractivity contribution in [3.8, 4) is 0 Å². The van der Waals surface area contributed by atoms with Crippen molar-refractivity contribution in [1.29, 1.82) is 0 Å². The first-order chi connectivity index (χ1) is 5.15. The maximum atomic E-state index is 9.60. The van der Waals surface area contributed by atoms with Crippen LogP contribution in [0, 0.1) is 11.8 Å². The van der Waals surface area contributed by atoms with Crippen LogP contribution in [0.3, 0.4) is 0 Å². The van der Waals surface area contributed by atoms with E-state index in [1.165, 1.54) is 12.8 Å². The Balaban J connectivity index is 2.22. The molecule has 1 unspecified atom stereocenters. The second-order valence-electron chi connectivity index (χ2n) is 3.80. The van der Waals surface area contributed by atoms with Crippen molar-refractivity contribution in [2.75, 3.05) is 0 Å². The molecule has 1 N–H and O–H groups in total. The van der Waals surface area contributed by atoms with Crippen LogP contribution in [0.5, 0.6) is 0 Å². The zero-order chi connectivity index (χ0) is 8.43. The lowest BCUT2D eigenvalue weighted by Gasteiger charge is -2.08. The normalized spacial score (nSPS) is 31.5. The lowest BCUT2D eigenvalue weighted by Crippen LogP contribution is -2.10. The molecule has 0 aliphatic heterocycles. The third-order valence-corrected chi connectivity index (χ3v) is 2.55. The Hall–Kier alpha value is -0.300. The van der Waals surface area contributed by atoms with E-state index in [0.717, 1.165) is 17.9 Å². The number of aliphatic hydroxyl groups excluding tert-OH is 1. The summed E-state index contributed by atoms with van der Waals surface area (Å²) in [4.78, 5) is 0. The summed E-state index contributed by atoms with van der Waals surface area (Å²) in [6, 6.07) is 0. The smallest absolute Gasteiger partial charge is 0.0608 e. The van der Waals surface area contributed by atoms with Crippen molar-refractivity contribution in [2.45, 2.75) is 39.2 Å². The Bertz CT molecular complexity index is 151. The average Bonchev–Trinajstić information content (AvgIpc) is 2.63. The fourth-order valence-electron chi connectivity index (χ4n) is 1.72. The molecule has 1 nitrogen and oxygen atoms in total. The summed E-state index contributed by atoms with van der Waals surface area (Å²) < 4.78 is 0. The van der Waals surface area contributed by atoms with E-state index < -0.39 is 0 Å². The van der Waals surface area contributed by atoms with E-state index in [1.54, 1.807) is 0 Å². The molecule has 0 saturated heterocycles. The molecule has 11 heavy (non-hydrogen) atoms. The summed E-state index contributed by atoms with van der Waals surface area (Å²) in [5.74, 6) is 1.38. The highest BCUT2D eigenvalue weighted by Gasteiger charge is 2.40. The number of aliphatic hydroxyl groups is 1. The van der Waals surface area contributed by atoms with Crippen LogP contribution in [0.2, 0.25) is 0 Å². The molecule has 0 heterocycles. The second kappa shape index (κ2) is 3.40. The van der Waals surface area contributed by atoms with Gasteiger partial charge < -0.3 is 5.11 Å². The second-order valence-corrected chi connectivity index (χ2v) is 3.80. The Labute approximate surface area is 69.1 Å². The summed E-state index contributed by atoms with van der Waals surface area (Å²) in [5, 5.41) is 9.60. The Morgan fingerprint density at radius 2 is 2.36 bits per heavy atom. The monoisotopic (exact) mass is 154 g/mol. The molecule has 0 aromatic carbocycles. The third-order valence-electron chi connectivity index (χ3n) is 2.55. The molecule has 64 valence electrons. The van der Waals surface area contributed by atoms with Gasteiger partial charge in [0, 0.05) is 0 Å². The van der Waals surface area contributed by atoms with E-state index in [9.17, 15) is 5.11 Å². The maximum Gasteiger partial charge on any atom is 0.0608 e. The molecule has 1 fully saturated rings. The number of hydrogen-bond acceptors (Lipinski definition) is 1. The molecular formula is C10H18O. The number of hydrogen-bond donors (Lipinski definition) is 1. The van der Waals surface area contributed by atoms with Gasteiger partial charge in [-0.25, -0.2) is 0 Å². The van der Waals surface area contributed by atoms with Gasteiger partial charge in [0.15, 0.2) is 0 Å². The highest BCUT2D eigenvalue weighted by atomic mass is 16.3. The van der Waals surface area contributed by atoms with Crippen LogP contribution in [0.4, 0.5) is 0 Å². The molecule has 0 spiro atoms. The van der Waals surface area contributed by atoms with Crippen LogP contribution < -0.4 is 0 Å². The SMILES string of the molecule is C=C(C)CC(O)[C@@H]1C[C@H]1CC. The molecule has 0 amide bonds. The third kappa shape index (κ3) is 2.33. The largest absolute Gasteiger partial charge is 0.392 e. The van der Waals surface area contributed by atoms with Gasteiger partial charge in [0.25, 0.3) is 0 Å². The van der Waals surface area contributed by atoms with Gasteiger partial charge in [-0.15, -0.1) is 6.58 Å². The van der Waals surface area contributed by atoms with E-state index in [1.807, 2.05) is 6.92 Å². The van der Waals surface area contributed by atoms with Crippen molar-refractivity contribution < 1.29 is 5.11 Å². The first-order valence-corrected chi connectivity index (χ1v) is 4.47. The van der Waals surface area contributed by atoms with E-state index >= 15 is 0 Å². The maximum absolute atomic E-state index is 9.60. The van der Waals surface area contributed by atoms with E-state index in [4.69, 9.17) is 0 Å². The number of rotatable bonds is 4. The quantitative estimate of drug-likeness (QED) is 0.616. The highest BCUT2D eigenvalue weighted by Crippen LogP contribution is 2.44. The molecule has 0 aromatic rings. The zero-order valence-electron chi connectivity index (χ0n) is 7.51. The summed E-state index contributed by atoms with van der Waals surface area (Å²) in [7, 11) is 0. The van der Waals surface area contributed by atoms with Crippen molar-refractivity contribution in [1.82, 2.24) is 0 Å². The first kappa shape index (κ1) is 8.79. The van der Waals surface area contributed by atoms with Crippen LogP contribution in [0.1, 0.15) is 33.1 Å². The molecule has 1 aliphatic carbocycles. The predicted octanol–water partition coefficient (Wildman–Crippen LogP) is 2.36. The topological polar surface area (TPSA) is 20.2 Å². The van der Waals surface area contributed by atoms with Gasteiger partial charge in [-0.05, 0) is 31.6 Å². The van der Waals surface area contributed by atoms with Gasteiger partial charge >= 0.3 is 0 Å². The molecule has 1 aliphatic rings. The van der Waals surface area contributed by atoms with Crippen LogP contribution in [-0.2, 0) is 0 Å². The molecule has 3 atom stereocenters. The Morgan fingerprint density at radius 3 is 2.73 bits per heavy atom. The lowest BCUT2D eigenvalue weighted by atomic mass is 10.1. The molecule has 0 radical (unpaired) electrons. The van der Waals surface area contributed by atoms with Crippen molar-refractivity contribution in [3.05, 3.63) is 12.2 Å². The Morgan fingerprint density at radius 1 is 1.73 bits per heavy atom. The van der Waals surface area contributed by atoms with E-state index in [-0.39, 0.29) is 6.10 Å². The summed E-state index contributed by atoms with van der Waals surface area (Å²) in [6.07, 6.45) is 3.13. The summed E-state index contributed by atoms with van der Waals surface area (Å²) >= 11 is 0. The summed E-state index contributed by atoms with van der Waals surface area (Å²) in [6.45, 7) is 7.97. The predicted molar refractivity (Wildman–Crippen MR) is 47.3 cm³/mol. The summed E-state index contributed by atoms with van der Waals surface area (Å²) in [5.41, 5.74) is 1.10. The minimum absolute atomic E-state index is 0.113. The van der Waals surface area contributed by atoms with Gasteiger partial charge in [0.1, 0.15) is 0 Å². The van der Waals surface area contributed by atoms with E-state index in [0.29, 0.717) is 5.92 Å². The van der Waals surface area contributed by atoms with Crippen molar-refractivity contribution in [3.63, 3.8) is 0 Å². The Kier molecular flexibility index (Phi) is 2.72. The minimum Gasteiger partial charge on any atom is -0.392 e. The molecule has 0 bridgehead atoms. The molecular weight excluding hydrogens is 136 g/mol. The fourth-order valence-corrected chi connectivity index (χ4v) is 1.72. The van der Waals surface area contributed by atoms with Crippen LogP contribution in [0.15, 0.2) is 12.2 Å². The van der Waals surface area contributed by atoms with Crippen LogP contribution in [0.25, 0.3) is 0 Å². The standard InChI is InChI=1S/C10H18O/c1-4-8-6-9(8)10(11)5-7(2)3/h8-11H,2,4-6H2,1,3H3/t8-,9-,10?/m1/s1. The zero-order valence-corrected chi connectivity index (χ0v) is 7.51. The minimum atomic E-state index is -0.113. The molecule has 1 saturated carbocycles. The van der Waals surface area contributed by atoms with Gasteiger partial charge in [-0.2, -0.15) is 0 Å². The van der Waals surface area contributed by atoms with Crippen molar-refractivity contribution in [2.24, 2.45) is 11.8 Å². The van der Waals surface area contributed by atoms with Gasteiger partial charge in [0.2, 0.25) is 0 Å². The highest BCUT2D eigenvalue weighted by molar-refractivity contribution is 4.98. The average molecular weight is 154 g/mol. The molecule has 1 heteroatoms. The van der Waals surface area contributed by atoms with E-state index in [2.05, 4.69) is 13.5 Å². The van der Waals surface area contributed by atoms with Gasteiger partial charge in [0.05, 0.1) is 6.10 Å². The molecule has 0 aromatic heterocycles.